The van der Waals surface area contributed by atoms with Crippen molar-refractivity contribution in [1.29, 1.82) is 0 Å². The van der Waals surface area contributed by atoms with Crippen molar-refractivity contribution in [2.24, 2.45) is 11.8 Å². The molecule has 2 aromatic rings. The molecular formula is C20H26ClN3O. The lowest BCUT2D eigenvalue weighted by Gasteiger charge is -2.29. The van der Waals surface area contributed by atoms with Crippen molar-refractivity contribution in [3.05, 3.63) is 40.4 Å². The SMILES string of the molecule is CC(C)CC1CCC(c2nnc3n2-c2ccc(Cl)cc2COC3)CC1. The van der Waals surface area contributed by atoms with Crippen LogP contribution in [0.1, 0.15) is 69.1 Å². The molecule has 0 N–H and O–H groups in total. The molecule has 2 aliphatic rings. The van der Waals surface area contributed by atoms with Crippen molar-refractivity contribution in [3.63, 3.8) is 0 Å². The lowest BCUT2D eigenvalue weighted by Crippen LogP contribution is -2.18. The Kier molecular flexibility index (Phi) is 4.83. The van der Waals surface area contributed by atoms with Gasteiger partial charge in [-0.15, -0.1) is 10.2 Å². The molecule has 5 heteroatoms. The molecule has 0 spiro atoms. The van der Waals surface area contributed by atoms with Crippen molar-refractivity contribution in [1.82, 2.24) is 14.8 Å². The van der Waals surface area contributed by atoms with E-state index >= 15 is 0 Å². The quantitative estimate of drug-likeness (QED) is 0.749. The standard InChI is InChI=1S/C20H26ClN3O/c1-13(2)9-14-3-5-15(6-4-14)20-23-22-19-12-25-11-16-10-17(21)7-8-18(16)24(19)20/h7-8,10,13-15H,3-6,9,11-12H2,1-2H3. The lowest BCUT2D eigenvalue weighted by atomic mass is 9.78. The van der Waals surface area contributed by atoms with Crippen LogP contribution in [0, 0.1) is 11.8 Å². The largest absolute Gasteiger partial charge is 0.369 e. The highest BCUT2D eigenvalue weighted by atomic mass is 35.5. The van der Waals surface area contributed by atoms with Crippen LogP contribution in [-0.2, 0) is 18.0 Å². The second kappa shape index (κ2) is 7.08. The van der Waals surface area contributed by atoms with Crippen LogP contribution >= 0.6 is 11.6 Å². The van der Waals surface area contributed by atoms with E-state index in [1.807, 2.05) is 12.1 Å². The van der Waals surface area contributed by atoms with E-state index in [1.165, 1.54) is 32.1 Å². The summed E-state index contributed by atoms with van der Waals surface area (Å²) < 4.78 is 8.01. The fourth-order valence-electron chi connectivity index (χ4n) is 4.41. The number of fused-ring (bicyclic) bond motifs is 3. The summed E-state index contributed by atoms with van der Waals surface area (Å²) in [6, 6.07) is 6.02. The number of aromatic nitrogens is 3. The number of hydrogen-bond acceptors (Lipinski definition) is 3. The summed E-state index contributed by atoms with van der Waals surface area (Å²) in [4.78, 5) is 0. The predicted octanol–water partition coefficient (Wildman–Crippen LogP) is 5.27. The van der Waals surface area contributed by atoms with Gasteiger partial charge in [0.2, 0.25) is 0 Å². The monoisotopic (exact) mass is 359 g/mol. The summed E-state index contributed by atoms with van der Waals surface area (Å²) in [6.45, 7) is 5.72. The van der Waals surface area contributed by atoms with E-state index in [-0.39, 0.29) is 0 Å². The first-order valence-corrected chi connectivity index (χ1v) is 9.80. The maximum Gasteiger partial charge on any atom is 0.163 e. The number of nitrogens with zero attached hydrogens (tertiary/aromatic N) is 3. The van der Waals surface area contributed by atoms with Gasteiger partial charge in [0.05, 0.1) is 12.3 Å². The highest BCUT2D eigenvalue weighted by Gasteiger charge is 2.29. The first kappa shape index (κ1) is 17.0. The van der Waals surface area contributed by atoms with Crippen LogP contribution in [0.2, 0.25) is 5.02 Å². The Morgan fingerprint density at radius 1 is 1.16 bits per heavy atom. The van der Waals surface area contributed by atoms with Crippen LogP contribution in [-0.4, -0.2) is 14.8 Å². The molecule has 1 aromatic heterocycles. The molecule has 1 fully saturated rings. The third-order valence-electron chi connectivity index (χ3n) is 5.54. The minimum Gasteiger partial charge on any atom is -0.369 e. The van der Waals surface area contributed by atoms with E-state index in [4.69, 9.17) is 16.3 Å². The second-order valence-electron chi connectivity index (χ2n) is 7.92. The van der Waals surface area contributed by atoms with Gasteiger partial charge in [0.15, 0.2) is 5.82 Å². The smallest absolute Gasteiger partial charge is 0.163 e. The molecule has 4 nitrogen and oxygen atoms in total. The van der Waals surface area contributed by atoms with E-state index in [1.54, 1.807) is 0 Å². The van der Waals surface area contributed by atoms with Crippen molar-refractivity contribution in [2.45, 2.75) is 65.1 Å². The van der Waals surface area contributed by atoms with E-state index in [9.17, 15) is 0 Å². The topological polar surface area (TPSA) is 39.9 Å². The van der Waals surface area contributed by atoms with Crippen molar-refractivity contribution < 1.29 is 4.74 Å². The van der Waals surface area contributed by atoms with Gasteiger partial charge >= 0.3 is 0 Å². The highest BCUT2D eigenvalue weighted by molar-refractivity contribution is 6.30. The van der Waals surface area contributed by atoms with Gasteiger partial charge in [-0.1, -0.05) is 25.4 Å². The van der Waals surface area contributed by atoms with Crippen LogP contribution in [0.4, 0.5) is 0 Å². The van der Waals surface area contributed by atoms with Gasteiger partial charge in [0, 0.05) is 16.5 Å². The highest BCUT2D eigenvalue weighted by Crippen LogP contribution is 2.39. The van der Waals surface area contributed by atoms with E-state index in [0.717, 1.165) is 39.8 Å². The number of benzene rings is 1. The summed E-state index contributed by atoms with van der Waals surface area (Å²) in [7, 11) is 0. The fourth-order valence-corrected chi connectivity index (χ4v) is 4.61. The average molecular weight is 360 g/mol. The Labute approximate surface area is 154 Å². The minimum absolute atomic E-state index is 0.492. The normalized spacial score (nSPS) is 23.2. The average Bonchev–Trinajstić information content (AvgIpc) is 2.91. The van der Waals surface area contributed by atoms with Crippen LogP contribution < -0.4 is 0 Å². The summed E-state index contributed by atoms with van der Waals surface area (Å²) >= 11 is 6.18. The van der Waals surface area contributed by atoms with Crippen LogP contribution in [0.15, 0.2) is 18.2 Å². The van der Waals surface area contributed by atoms with E-state index in [2.05, 4.69) is 34.7 Å². The maximum atomic E-state index is 6.18. The zero-order chi connectivity index (χ0) is 17.4. The Balaban J connectivity index is 1.62. The van der Waals surface area contributed by atoms with Crippen LogP contribution in [0.25, 0.3) is 5.69 Å². The molecule has 1 saturated carbocycles. The summed E-state index contributed by atoms with van der Waals surface area (Å²) in [5, 5.41) is 9.75. The van der Waals surface area contributed by atoms with Gasteiger partial charge in [-0.3, -0.25) is 4.57 Å². The molecule has 0 radical (unpaired) electrons. The van der Waals surface area contributed by atoms with E-state index in [0.29, 0.717) is 19.1 Å². The molecule has 0 amide bonds. The zero-order valence-electron chi connectivity index (χ0n) is 15.0. The van der Waals surface area contributed by atoms with Gasteiger partial charge in [0.25, 0.3) is 0 Å². The maximum absolute atomic E-state index is 6.18. The Bertz CT molecular complexity index is 747. The van der Waals surface area contributed by atoms with Gasteiger partial charge in [-0.05, 0) is 62.1 Å². The zero-order valence-corrected chi connectivity index (χ0v) is 15.8. The molecule has 134 valence electrons. The molecule has 0 atom stereocenters. The number of ether oxygens (including phenoxy) is 1. The Morgan fingerprint density at radius 3 is 2.72 bits per heavy atom. The lowest BCUT2D eigenvalue weighted by molar-refractivity contribution is 0.105. The summed E-state index contributed by atoms with van der Waals surface area (Å²) in [5.41, 5.74) is 2.24. The summed E-state index contributed by atoms with van der Waals surface area (Å²) in [6.07, 6.45) is 6.36. The molecule has 1 aliphatic carbocycles. The third-order valence-corrected chi connectivity index (χ3v) is 5.78. The molecule has 0 unspecified atom stereocenters. The molecule has 4 rings (SSSR count). The van der Waals surface area contributed by atoms with Crippen molar-refractivity contribution in [2.75, 3.05) is 0 Å². The van der Waals surface area contributed by atoms with Gasteiger partial charge in [-0.2, -0.15) is 0 Å². The number of rotatable bonds is 3. The molecular weight excluding hydrogens is 334 g/mol. The first-order valence-electron chi connectivity index (χ1n) is 9.42. The Morgan fingerprint density at radius 2 is 1.96 bits per heavy atom. The third kappa shape index (κ3) is 3.47. The number of halogens is 1. The molecule has 0 bridgehead atoms. The van der Waals surface area contributed by atoms with Crippen molar-refractivity contribution >= 4 is 11.6 Å². The van der Waals surface area contributed by atoms with Gasteiger partial charge < -0.3 is 4.74 Å². The molecule has 2 heterocycles. The van der Waals surface area contributed by atoms with E-state index < -0.39 is 0 Å². The molecule has 0 saturated heterocycles. The first-order chi connectivity index (χ1) is 12.1. The fraction of sp³-hybridized carbons (Fsp3) is 0.600. The van der Waals surface area contributed by atoms with Gasteiger partial charge in [0.1, 0.15) is 12.4 Å². The minimum atomic E-state index is 0.492. The molecule has 1 aliphatic heterocycles. The number of hydrogen-bond donors (Lipinski definition) is 0. The van der Waals surface area contributed by atoms with Gasteiger partial charge in [-0.25, -0.2) is 0 Å². The van der Waals surface area contributed by atoms with Crippen LogP contribution in [0.5, 0.6) is 0 Å². The molecule has 25 heavy (non-hydrogen) atoms. The Hall–Kier alpha value is -1.39. The van der Waals surface area contributed by atoms with Crippen molar-refractivity contribution in [3.8, 4) is 5.69 Å². The summed E-state index contributed by atoms with van der Waals surface area (Å²) in [5.74, 6) is 4.16. The van der Waals surface area contributed by atoms with Crippen LogP contribution in [0.3, 0.4) is 0 Å². The predicted molar refractivity (Wildman–Crippen MR) is 99.0 cm³/mol. The second-order valence-corrected chi connectivity index (χ2v) is 8.36. The molecule has 1 aromatic carbocycles.